The molecule has 2 N–H and O–H groups in total. The highest BCUT2D eigenvalue weighted by Gasteiger charge is 2.23. The lowest BCUT2D eigenvalue weighted by Crippen LogP contribution is -2.48. The van der Waals surface area contributed by atoms with Gasteiger partial charge in [-0.05, 0) is 18.7 Å². The maximum atomic E-state index is 12.5. The third kappa shape index (κ3) is 3.28. The molecule has 116 valence electrons. The summed E-state index contributed by atoms with van der Waals surface area (Å²) in [6, 6.07) is 10.3. The van der Waals surface area contributed by atoms with Crippen LogP contribution in [-0.4, -0.2) is 48.5 Å². The van der Waals surface area contributed by atoms with Crippen LogP contribution in [0.15, 0.2) is 35.7 Å². The molecule has 2 aromatic rings. The van der Waals surface area contributed by atoms with Crippen molar-refractivity contribution in [2.75, 3.05) is 37.6 Å². The highest BCUT2D eigenvalue weighted by atomic mass is 32.1. The second-order valence-corrected chi connectivity index (χ2v) is 6.22. The number of carbonyl (C=O) groups is 1. The number of hydrogen-bond donors (Lipinski definition) is 1. The van der Waals surface area contributed by atoms with Gasteiger partial charge in [0.25, 0.3) is 5.91 Å². The third-order valence-electron chi connectivity index (χ3n) is 3.82. The van der Waals surface area contributed by atoms with Crippen LogP contribution < -0.4 is 10.6 Å². The molecule has 0 spiro atoms. The van der Waals surface area contributed by atoms with Crippen LogP contribution in [0.25, 0.3) is 0 Å². The summed E-state index contributed by atoms with van der Waals surface area (Å²) < 4.78 is 0. The first-order chi connectivity index (χ1) is 10.8. The van der Waals surface area contributed by atoms with Crippen LogP contribution in [0.2, 0.25) is 0 Å². The Labute approximate surface area is 134 Å². The zero-order chi connectivity index (χ0) is 15.4. The van der Waals surface area contributed by atoms with Gasteiger partial charge in [0.1, 0.15) is 5.69 Å². The smallest absolute Gasteiger partial charge is 0.273 e. The number of hydrogen-bond acceptors (Lipinski definition) is 5. The first kappa shape index (κ1) is 15.0. The molecular weight excluding hydrogens is 296 g/mol. The molecule has 0 saturated carbocycles. The molecule has 0 atom stereocenters. The zero-order valence-corrected chi connectivity index (χ0v) is 13.3. The van der Waals surface area contributed by atoms with E-state index in [2.05, 4.69) is 22.0 Å². The standard InChI is InChI=1S/C16H20N4OS/c17-7-6-15-18-14(12-22-15)16(21)20-10-8-19(9-11-20)13-4-2-1-3-5-13/h1-5,12H,6-11,17H2. The molecule has 1 aliphatic rings. The minimum Gasteiger partial charge on any atom is -0.368 e. The van der Waals surface area contributed by atoms with Crippen molar-refractivity contribution >= 4 is 22.9 Å². The average Bonchev–Trinajstić information content (AvgIpc) is 3.04. The fourth-order valence-corrected chi connectivity index (χ4v) is 3.40. The topological polar surface area (TPSA) is 62.5 Å². The average molecular weight is 316 g/mol. The molecule has 3 rings (SSSR count). The normalized spacial score (nSPS) is 15.1. The molecule has 22 heavy (non-hydrogen) atoms. The Bertz CT molecular complexity index is 620. The number of para-hydroxylation sites is 1. The number of nitrogens with zero attached hydrogens (tertiary/aromatic N) is 3. The van der Waals surface area contributed by atoms with Crippen molar-refractivity contribution in [3.63, 3.8) is 0 Å². The van der Waals surface area contributed by atoms with E-state index in [9.17, 15) is 4.79 Å². The van der Waals surface area contributed by atoms with Crippen molar-refractivity contribution in [1.82, 2.24) is 9.88 Å². The summed E-state index contributed by atoms with van der Waals surface area (Å²) in [5.41, 5.74) is 7.30. The lowest BCUT2D eigenvalue weighted by atomic mass is 10.2. The van der Waals surface area contributed by atoms with Gasteiger partial charge in [0.15, 0.2) is 0 Å². The van der Waals surface area contributed by atoms with Crippen LogP contribution in [0.4, 0.5) is 5.69 Å². The van der Waals surface area contributed by atoms with E-state index < -0.39 is 0 Å². The van der Waals surface area contributed by atoms with E-state index in [1.54, 1.807) is 0 Å². The van der Waals surface area contributed by atoms with Crippen LogP contribution in [0.3, 0.4) is 0 Å². The molecule has 1 aromatic heterocycles. The van der Waals surface area contributed by atoms with Crippen molar-refractivity contribution in [2.45, 2.75) is 6.42 Å². The van der Waals surface area contributed by atoms with Crippen molar-refractivity contribution in [3.8, 4) is 0 Å². The predicted molar refractivity (Wildman–Crippen MR) is 89.4 cm³/mol. The molecule has 1 amide bonds. The monoisotopic (exact) mass is 316 g/mol. The molecule has 1 aromatic carbocycles. The van der Waals surface area contributed by atoms with Crippen molar-refractivity contribution in [3.05, 3.63) is 46.4 Å². The van der Waals surface area contributed by atoms with E-state index in [-0.39, 0.29) is 5.91 Å². The van der Waals surface area contributed by atoms with E-state index in [0.29, 0.717) is 12.2 Å². The highest BCUT2D eigenvalue weighted by Crippen LogP contribution is 2.17. The van der Waals surface area contributed by atoms with Crippen LogP contribution in [0.5, 0.6) is 0 Å². The van der Waals surface area contributed by atoms with Crippen LogP contribution in [-0.2, 0) is 6.42 Å². The van der Waals surface area contributed by atoms with Crippen molar-refractivity contribution in [2.24, 2.45) is 5.73 Å². The Morgan fingerprint density at radius 2 is 1.91 bits per heavy atom. The number of carbonyl (C=O) groups excluding carboxylic acids is 1. The lowest BCUT2D eigenvalue weighted by Gasteiger charge is -2.35. The van der Waals surface area contributed by atoms with E-state index >= 15 is 0 Å². The number of benzene rings is 1. The third-order valence-corrected chi connectivity index (χ3v) is 4.73. The summed E-state index contributed by atoms with van der Waals surface area (Å²) >= 11 is 1.51. The van der Waals surface area contributed by atoms with Gasteiger partial charge in [0.05, 0.1) is 5.01 Å². The summed E-state index contributed by atoms with van der Waals surface area (Å²) in [5, 5.41) is 2.78. The van der Waals surface area contributed by atoms with Gasteiger partial charge in [-0.25, -0.2) is 4.98 Å². The van der Waals surface area contributed by atoms with Gasteiger partial charge in [-0.1, -0.05) is 18.2 Å². The molecule has 1 saturated heterocycles. The second-order valence-electron chi connectivity index (χ2n) is 5.28. The maximum absolute atomic E-state index is 12.5. The van der Waals surface area contributed by atoms with Gasteiger partial charge < -0.3 is 15.5 Å². The SMILES string of the molecule is NCCc1nc(C(=O)N2CCN(c3ccccc3)CC2)cs1. The molecule has 0 aliphatic carbocycles. The molecular formula is C16H20N4OS. The Morgan fingerprint density at radius 1 is 1.18 bits per heavy atom. The Kier molecular flexibility index (Phi) is 4.70. The molecule has 1 aliphatic heterocycles. The molecule has 0 bridgehead atoms. The van der Waals surface area contributed by atoms with Gasteiger partial charge in [0, 0.05) is 43.7 Å². The summed E-state index contributed by atoms with van der Waals surface area (Å²) in [7, 11) is 0. The van der Waals surface area contributed by atoms with Gasteiger partial charge >= 0.3 is 0 Å². The maximum Gasteiger partial charge on any atom is 0.273 e. The molecule has 0 radical (unpaired) electrons. The first-order valence-corrected chi connectivity index (χ1v) is 8.39. The van der Waals surface area contributed by atoms with Gasteiger partial charge in [-0.3, -0.25) is 4.79 Å². The van der Waals surface area contributed by atoms with Gasteiger partial charge in [-0.2, -0.15) is 0 Å². The molecule has 2 heterocycles. The quantitative estimate of drug-likeness (QED) is 0.931. The van der Waals surface area contributed by atoms with E-state index in [4.69, 9.17) is 5.73 Å². The Morgan fingerprint density at radius 3 is 2.59 bits per heavy atom. The summed E-state index contributed by atoms with van der Waals surface area (Å²) in [6.07, 6.45) is 0.736. The molecule has 1 fully saturated rings. The molecule has 6 heteroatoms. The van der Waals surface area contributed by atoms with E-state index in [1.807, 2.05) is 28.5 Å². The number of thiazole rings is 1. The minimum atomic E-state index is 0.0345. The highest BCUT2D eigenvalue weighted by molar-refractivity contribution is 7.09. The summed E-state index contributed by atoms with van der Waals surface area (Å²) in [6.45, 7) is 3.75. The van der Waals surface area contributed by atoms with E-state index in [1.165, 1.54) is 17.0 Å². The lowest BCUT2D eigenvalue weighted by molar-refractivity contribution is 0.0741. The van der Waals surface area contributed by atoms with Gasteiger partial charge in [0.2, 0.25) is 0 Å². The van der Waals surface area contributed by atoms with Crippen molar-refractivity contribution < 1.29 is 4.79 Å². The molecule has 0 unspecified atom stereocenters. The first-order valence-electron chi connectivity index (χ1n) is 7.51. The number of amides is 1. The zero-order valence-electron chi connectivity index (χ0n) is 12.4. The Hall–Kier alpha value is -1.92. The van der Waals surface area contributed by atoms with E-state index in [0.717, 1.165) is 37.6 Å². The van der Waals surface area contributed by atoms with Crippen LogP contribution in [0.1, 0.15) is 15.5 Å². The van der Waals surface area contributed by atoms with Crippen molar-refractivity contribution in [1.29, 1.82) is 0 Å². The number of aromatic nitrogens is 1. The fourth-order valence-electron chi connectivity index (χ4n) is 2.62. The largest absolute Gasteiger partial charge is 0.368 e. The summed E-state index contributed by atoms with van der Waals surface area (Å²) in [5.74, 6) is 0.0345. The number of nitrogens with two attached hydrogens (primary N) is 1. The predicted octanol–water partition coefficient (Wildman–Crippen LogP) is 1.61. The number of anilines is 1. The summed E-state index contributed by atoms with van der Waals surface area (Å²) in [4.78, 5) is 21.1. The number of piperazine rings is 1. The fraction of sp³-hybridized carbons (Fsp3) is 0.375. The van der Waals surface area contributed by atoms with Gasteiger partial charge in [-0.15, -0.1) is 11.3 Å². The number of rotatable bonds is 4. The van der Waals surface area contributed by atoms with Crippen LogP contribution in [0, 0.1) is 0 Å². The minimum absolute atomic E-state index is 0.0345. The van der Waals surface area contributed by atoms with Crippen LogP contribution >= 0.6 is 11.3 Å². The molecule has 5 nitrogen and oxygen atoms in total. The Balaban J connectivity index is 1.59. The second kappa shape index (κ2) is 6.89.